The molecule has 0 atom stereocenters. The van der Waals surface area contributed by atoms with Crippen molar-refractivity contribution in [3.8, 4) is 0 Å². The molecule has 3 amide bonds. The van der Waals surface area contributed by atoms with Gasteiger partial charge in [-0.1, -0.05) is 6.07 Å². The molecule has 0 aliphatic carbocycles. The molecule has 0 saturated carbocycles. The third kappa shape index (κ3) is 4.72. The fourth-order valence-electron chi connectivity index (χ4n) is 4.30. The minimum atomic E-state index is -0.217. The maximum Gasteiger partial charge on any atom is 0.263 e. The van der Waals surface area contributed by atoms with Crippen molar-refractivity contribution in [3.05, 3.63) is 44.3 Å². The van der Waals surface area contributed by atoms with Crippen molar-refractivity contribution in [2.45, 2.75) is 26.2 Å². The SMILES string of the molecule is CC(=O)c1ccc(C(=O)N2CCC3(CCN(C(=O)CNC(=O)c4cccs4)C3)CC2)s1. The number of nitrogens with zero attached hydrogens (tertiary/aromatic N) is 2. The Morgan fingerprint density at radius 2 is 1.65 bits per heavy atom. The molecule has 2 aliphatic heterocycles. The molecule has 0 bridgehead atoms. The van der Waals surface area contributed by atoms with Gasteiger partial charge >= 0.3 is 0 Å². The number of likely N-dealkylation sites (tertiary alicyclic amines) is 2. The highest BCUT2D eigenvalue weighted by atomic mass is 32.1. The van der Waals surface area contributed by atoms with Gasteiger partial charge in [0.25, 0.3) is 11.8 Å². The predicted octanol–water partition coefficient (Wildman–Crippen LogP) is 2.90. The molecule has 0 radical (unpaired) electrons. The Morgan fingerprint density at radius 1 is 0.968 bits per heavy atom. The van der Waals surface area contributed by atoms with E-state index in [9.17, 15) is 19.2 Å². The van der Waals surface area contributed by atoms with Crippen LogP contribution >= 0.6 is 22.7 Å². The number of Topliss-reactive ketones (excluding diaryl/α,β-unsaturated/α-hetero) is 1. The minimum absolute atomic E-state index is 0.00822. The Balaban J connectivity index is 1.27. The lowest BCUT2D eigenvalue weighted by Crippen LogP contribution is -2.45. The van der Waals surface area contributed by atoms with Crippen molar-refractivity contribution in [2.24, 2.45) is 5.41 Å². The van der Waals surface area contributed by atoms with Crippen molar-refractivity contribution in [2.75, 3.05) is 32.7 Å². The molecule has 0 unspecified atom stereocenters. The number of hydrogen-bond acceptors (Lipinski definition) is 6. The van der Waals surface area contributed by atoms with Crippen LogP contribution in [0.3, 0.4) is 0 Å². The number of amides is 3. The van der Waals surface area contributed by atoms with Gasteiger partial charge in [-0.2, -0.15) is 0 Å². The number of hydrogen-bond donors (Lipinski definition) is 1. The average Bonchev–Trinajstić information content (AvgIpc) is 3.53. The highest BCUT2D eigenvalue weighted by molar-refractivity contribution is 7.16. The van der Waals surface area contributed by atoms with Gasteiger partial charge in [-0.25, -0.2) is 0 Å². The fraction of sp³-hybridized carbons (Fsp3) is 0.455. The van der Waals surface area contributed by atoms with Gasteiger partial charge in [0.1, 0.15) is 0 Å². The summed E-state index contributed by atoms with van der Waals surface area (Å²) in [5.41, 5.74) is 0.0458. The minimum Gasteiger partial charge on any atom is -0.342 e. The van der Waals surface area contributed by atoms with Crippen LogP contribution in [-0.2, 0) is 4.79 Å². The van der Waals surface area contributed by atoms with Gasteiger partial charge in [0.15, 0.2) is 5.78 Å². The number of rotatable bonds is 5. The fourth-order valence-corrected chi connectivity index (χ4v) is 5.81. The Kier molecular flexibility index (Phi) is 6.24. The zero-order chi connectivity index (χ0) is 22.0. The largest absolute Gasteiger partial charge is 0.342 e. The first-order valence-corrected chi connectivity index (χ1v) is 12.1. The topological polar surface area (TPSA) is 86.8 Å². The van der Waals surface area contributed by atoms with Crippen molar-refractivity contribution in [1.29, 1.82) is 0 Å². The van der Waals surface area contributed by atoms with Gasteiger partial charge in [-0.15, -0.1) is 22.7 Å². The van der Waals surface area contributed by atoms with E-state index in [0.717, 1.165) is 19.3 Å². The van der Waals surface area contributed by atoms with Crippen LogP contribution in [0.15, 0.2) is 29.6 Å². The molecule has 2 aromatic rings. The Morgan fingerprint density at radius 3 is 2.26 bits per heavy atom. The van der Waals surface area contributed by atoms with Crippen LogP contribution in [0.5, 0.6) is 0 Å². The smallest absolute Gasteiger partial charge is 0.263 e. The van der Waals surface area contributed by atoms with Gasteiger partial charge < -0.3 is 15.1 Å². The van der Waals surface area contributed by atoms with Gasteiger partial charge in [-0.05, 0) is 55.2 Å². The van der Waals surface area contributed by atoms with E-state index in [1.807, 2.05) is 21.2 Å². The van der Waals surface area contributed by atoms with Crippen molar-refractivity contribution >= 4 is 46.2 Å². The molecule has 4 rings (SSSR count). The summed E-state index contributed by atoms with van der Waals surface area (Å²) in [6.45, 7) is 4.19. The normalized spacial score (nSPS) is 17.7. The predicted molar refractivity (Wildman–Crippen MR) is 120 cm³/mol. The molecule has 2 aromatic heterocycles. The molecular weight excluding hydrogens is 434 g/mol. The van der Waals surface area contributed by atoms with Crippen LogP contribution in [0.25, 0.3) is 0 Å². The standard InChI is InChI=1S/C22H25N3O4S2/c1-15(26)16-4-5-18(31-16)21(29)24-9-6-22(7-10-24)8-11-25(14-22)19(27)13-23-20(28)17-3-2-12-30-17/h2-5,12H,6-11,13-14H2,1H3,(H,23,28). The van der Waals surface area contributed by atoms with Crippen LogP contribution in [0.1, 0.15) is 55.2 Å². The number of nitrogens with one attached hydrogen (secondary N) is 1. The number of carbonyl (C=O) groups is 4. The van der Waals surface area contributed by atoms with Crippen LogP contribution in [-0.4, -0.2) is 66.0 Å². The van der Waals surface area contributed by atoms with Gasteiger partial charge in [-0.3, -0.25) is 19.2 Å². The number of thiophene rings is 2. The van der Waals surface area contributed by atoms with Crippen molar-refractivity contribution in [3.63, 3.8) is 0 Å². The van der Waals surface area contributed by atoms with E-state index in [-0.39, 0.29) is 35.5 Å². The van der Waals surface area contributed by atoms with E-state index < -0.39 is 0 Å². The Labute approximate surface area is 189 Å². The molecular formula is C22H25N3O4S2. The van der Waals surface area contributed by atoms with Gasteiger partial charge in [0.05, 0.1) is 21.2 Å². The van der Waals surface area contributed by atoms with E-state index in [4.69, 9.17) is 0 Å². The molecule has 9 heteroatoms. The van der Waals surface area contributed by atoms with Crippen LogP contribution < -0.4 is 5.32 Å². The lowest BCUT2D eigenvalue weighted by Gasteiger charge is -2.39. The van der Waals surface area contributed by atoms with E-state index in [0.29, 0.717) is 40.8 Å². The van der Waals surface area contributed by atoms with Gasteiger partial charge in [0.2, 0.25) is 5.91 Å². The molecule has 2 aliphatic rings. The second-order valence-corrected chi connectivity index (χ2v) is 10.3. The molecule has 1 N–H and O–H groups in total. The summed E-state index contributed by atoms with van der Waals surface area (Å²) in [5.74, 6) is -0.320. The van der Waals surface area contributed by atoms with Crippen LogP contribution in [0.4, 0.5) is 0 Å². The van der Waals surface area contributed by atoms with E-state index in [2.05, 4.69) is 5.32 Å². The summed E-state index contributed by atoms with van der Waals surface area (Å²) in [4.78, 5) is 54.4. The van der Waals surface area contributed by atoms with E-state index >= 15 is 0 Å². The Hall–Kier alpha value is -2.52. The Bertz CT molecular complexity index is 990. The molecule has 7 nitrogen and oxygen atoms in total. The number of carbonyl (C=O) groups excluding carboxylic acids is 4. The third-order valence-electron chi connectivity index (χ3n) is 6.21. The maximum atomic E-state index is 12.8. The van der Waals surface area contributed by atoms with E-state index in [1.165, 1.54) is 29.6 Å². The van der Waals surface area contributed by atoms with Crippen LogP contribution in [0, 0.1) is 5.41 Å². The lowest BCUT2D eigenvalue weighted by atomic mass is 9.78. The lowest BCUT2D eigenvalue weighted by molar-refractivity contribution is -0.129. The highest BCUT2D eigenvalue weighted by Crippen LogP contribution is 2.40. The first kappa shape index (κ1) is 21.7. The maximum absolute atomic E-state index is 12.8. The summed E-state index contributed by atoms with van der Waals surface area (Å²) >= 11 is 2.60. The third-order valence-corrected chi connectivity index (χ3v) is 8.25. The van der Waals surface area contributed by atoms with E-state index in [1.54, 1.807) is 18.2 Å². The molecule has 2 fully saturated rings. The molecule has 0 aromatic carbocycles. The van der Waals surface area contributed by atoms with Gasteiger partial charge in [0, 0.05) is 26.2 Å². The number of piperidine rings is 1. The second-order valence-electron chi connectivity index (χ2n) is 8.24. The average molecular weight is 460 g/mol. The summed E-state index contributed by atoms with van der Waals surface area (Å²) in [7, 11) is 0. The first-order chi connectivity index (χ1) is 14.9. The highest BCUT2D eigenvalue weighted by Gasteiger charge is 2.42. The molecule has 4 heterocycles. The zero-order valence-electron chi connectivity index (χ0n) is 17.4. The summed E-state index contributed by atoms with van der Waals surface area (Å²) < 4.78 is 0. The zero-order valence-corrected chi connectivity index (χ0v) is 19.0. The van der Waals surface area contributed by atoms with Crippen molar-refractivity contribution in [1.82, 2.24) is 15.1 Å². The monoisotopic (exact) mass is 459 g/mol. The summed E-state index contributed by atoms with van der Waals surface area (Å²) in [6, 6.07) is 6.99. The summed E-state index contributed by atoms with van der Waals surface area (Å²) in [6.07, 6.45) is 2.64. The molecule has 1 spiro atoms. The first-order valence-electron chi connectivity index (χ1n) is 10.4. The quantitative estimate of drug-likeness (QED) is 0.697. The summed E-state index contributed by atoms with van der Waals surface area (Å²) in [5, 5.41) is 4.54. The number of ketones is 1. The molecule has 31 heavy (non-hydrogen) atoms. The van der Waals surface area contributed by atoms with Crippen molar-refractivity contribution < 1.29 is 19.2 Å². The second kappa shape index (κ2) is 8.92. The molecule has 164 valence electrons. The molecule has 2 saturated heterocycles. The van der Waals surface area contributed by atoms with Crippen LogP contribution in [0.2, 0.25) is 0 Å².